The van der Waals surface area contributed by atoms with E-state index in [2.05, 4.69) is 10.6 Å². The lowest BCUT2D eigenvalue weighted by Crippen LogP contribution is -2.41. The number of aromatic nitrogens is 2. The van der Waals surface area contributed by atoms with Gasteiger partial charge < -0.3 is 10.6 Å². The first-order valence-corrected chi connectivity index (χ1v) is 11.6. The van der Waals surface area contributed by atoms with Crippen LogP contribution in [0.2, 0.25) is 0 Å². The number of nitrogens with one attached hydrogen (secondary N) is 2. The third-order valence-corrected chi connectivity index (χ3v) is 5.47. The monoisotopic (exact) mass is 478 g/mol. The Morgan fingerprint density at radius 1 is 0.914 bits per heavy atom. The quantitative estimate of drug-likeness (QED) is 0.343. The number of unbranched alkanes of at least 4 members (excludes halogenated alkanes) is 1. The normalized spacial score (nSPS) is 11.0. The third kappa shape index (κ3) is 6.53. The Bertz CT molecular complexity index is 1370. The first kappa shape index (κ1) is 25.6. The largest absolute Gasteiger partial charge is 0.354 e. The van der Waals surface area contributed by atoms with Crippen molar-refractivity contribution in [3.63, 3.8) is 0 Å². The molecule has 0 saturated heterocycles. The van der Waals surface area contributed by atoms with Crippen molar-refractivity contribution < 1.29 is 14.4 Å². The number of hydrogen-bond acceptors (Lipinski definition) is 5. The zero-order chi connectivity index (χ0) is 25.5. The molecule has 0 saturated carbocycles. The number of fused-ring (bicyclic) bond motifs is 1. The van der Waals surface area contributed by atoms with Crippen molar-refractivity contribution in [2.24, 2.45) is 0 Å². The maximum absolute atomic E-state index is 13.2. The van der Waals surface area contributed by atoms with Gasteiger partial charge in [-0.3, -0.25) is 28.3 Å². The van der Waals surface area contributed by atoms with Crippen LogP contribution in [0.4, 0.5) is 5.69 Å². The number of nitrogens with zero attached hydrogens (tertiary/aromatic N) is 2. The van der Waals surface area contributed by atoms with Gasteiger partial charge in [-0.15, -0.1) is 0 Å². The van der Waals surface area contributed by atoms with Crippen LogP contribution in [0.5, 0.6) is 0 Å². The summed E-state index contributed by atoms with van der Waals surface area (Å²) in [5.74, 6) is -0.667. The molecule has 1 aromatic heterocycles. The minimum atomic E-state index is -0.590. The smallest absolute Gasteiger partial charge is 0.331 e. The fraction of sp³-hybridized carbons (Fsp3) is 0.346. The number of ketones is 1. The van der Waals surface area contributed by atoms with Crippen LogP contribution in [0.3, 0.4) is 0 Å². The van der Waals surface area contributed by atoms with Gasteiger partial charge in [-0.1, -0.05) is 24.3 Å². The van der Waals surface area contributed by atoms with Gasteiger partial charge >= 0.3 is 5.69 Å². The number of benzene rings is 2. The number of para-hydroxylation sites is 1. The van der Waals surface area contributed by atoms with E-state index in [1.54, 1.807) is 48.5 Å². The van der Waals surface area contributed by atoms with Crippen molar-refractivity contribution in [1.29, 1.82) is 0 Å². The number of carbonyl (C=O) groups is 3. The highest BCUT2D eigenvalue weighted by atomic mass is 16.2. The average Bonchev–Trinajstić information content (AvgIpc) is 2.81. The molecule has 0 fully saturated rings. The van der Waals surface area contributed by atoms with Crippen LogP contribution < -0.4 is 21.9 Å². The molecule has 0 unspecified atom stereocenters. The van der Waals surface area contributed by atoms with Crippen molar-refractivity contribution in [2.45, 2.75) is 59.2 Å². The molecule has 2 aromatic carbocycles. The second-order valence-corrected chi connectivity index (χ2v) is 8.71. The molecule has 3 rings (SSSR count). The SMILES string of the molecule is CC(=O)c1cccc(NC(=O)Cn2c(=O)n(CCCCC(=O)NC(C)C)c(=O)c3ccccc32)c1. The van der Waals surface area contributed by atoms with Gasteiger partial charge in [0.2, 0.25) is 11.8 Å². The Morgan fingerprint density at radius 2 is 1.66 bits per heavy atom. The van der Waals surface area contributed by atoms with Crippen molar-refractivity contribution in [2.75, 3.05) is 5.32 Å². The molecular formula is C26H30N4O5. The molecule has 1 heterocycles. The van der Waals surface area contributed by atoms with Crippen molar-refractivity contribution >= 4 is 34.2 Å². The van der Waals surface area contributed by atoms with E-state index >= 15 is 0 Å². The first-order chi connectivity index (χ1) is 16.7. The fourth-order valence-corrected chi connectivity index (χ4v) is 3.83. The average molecular weight is 479 g/mol. The summed E-state index contributed by atoms with van der Waals surface area (Å²) in [6.45, 7) is 5.03. The predicted octanol–water partition coefficient (Wildman–Crippen LogP) is 2.70. The van der Waals surface area contributed by atoms with E-state index in [4.69, 9.17) is 0 Å². The molecule has 2 amide bonds. The molecular weight excluding hydrogens is 448 g/mol. The standard InChI is InChI=1S/C26H30N4O5/c1-17(2)27-23(32)13-6-7-14-29-25(34)21-11-4-5-12-22(21)30(26(29)35)16-24(33)28-20-10-8-9-19(15-20)18(3)31/h4-5,8-12,15,17H,6-7,13-14,16H2,1-3H3,(H,27,32)(H,28,33). The Balaban J connectivity index is 1.82. The van der Waals surface area contributed by atoms with Crippen LogP contribution in [0.25, 0.3) is 10.9 Å². The van der Waals surface area contributed by atoms with Crippen molar-refractivity contribution in [3.05, 3.63) is 74.9 Å². The van der Waals surface area contributed by atoms with Crippen molar-refractivity contribution in [1.82, 2.24) is 14.5 Å². The lowest BCUT2D eigenvalue weighted by molar-refractivity contribution is -0.121. The Hall–Kier alpha value is -4.01. The summed E-state index contributed by atoms with van der Waals surface area (Å²) in [5.41, 5.74) is 0.243. The maximum Gasteiger partial charge on any atom is 0.331 e. The number of rotatable bonds is 10. The van der Waals surface area contributed by atoms with Gasteiger partial charge in [-0.05, 0) is 57.9 Å². The van der Waals surface area contributed by atoms with Gasteiger partial charge in [0.15, 0.2) is 5.78 Å². The molecule has 184 valence electrons. The number of anilines is 1. The molecule has 0 bridgehead atoms. The van der Waals surface area contributed by atoms with Crippen LogP contribution in [-0.2, 0) is 22.7 Å². The molecule has 0 spiro atoms. The summed E-state index contributed by atoms with van der Waals surface area (Å²) in [6, 6.07) is 13.2. The third-order valence-electron chi connectivity index (χ3n) is 5.47. The van der Waals surface area contributed by atoms with Gasteiger partial charge in [0.05, 0.1) is 10.9 Å². The summed E-state index contributed by atoms with van der Waals surface area (Å²) >= 11 is 0. The molecule has 0 aliphatic rings. The van der Waals surface area contributed by atoms with Gasteiger partial charge in [0, 0.05) is 30.3 Å². The van der Waals surface area contributed by atoms with Crippen LogP contribution in [0.1, 0.15) is 50.4 Å². The zero-order valence-electron chi connectivity index (χ0n) is 20.2. The molecule has 9 heteroatoms. The Morgan fingerprint density at radius 3 is 2.37 bits per heavy atom. The molecule has 3 aromatic rings. The zero-order valence-corrected chi connectivity index (χ0v) is 20.2. The number of amides is 2. The second-order valence-electron chi connectivity index (χ2n) is 8.71. The number of hydrogen-bond donors (Lipinski definition) is 2. The minimum Gasteiger partial charge on any atom is -0.354 e. The molecule has 0 aliphatic carbocycles. The Labute approximate surface area is 202 Å². The van der Waals surface area contributed by atoms with E-state index in [1.165, 1.54) is 11.5 Å². The predicted molar refractivity (Wildman–Crippen MR) is 135 cm³/mol. The highest BCUT2D eigenvalue weighted by Crippen LogP contribution is 2.12. The van der Waals surface area contributed by atoms with Crippen molar-refractivity contribution in [3.8, 4) is 0 Å². The topological polar surface area (TPSA) is 119 Å². The summed E-state index contributed by atoms with van der Waals surface area (Å²) in [5, 5.41) is 5.85. The van der Waals surface area contributed by atoms with E-state index in [0.29, 0.717) is 41.4 Å². The molecule has 0 atom stereocenters. The Kier molecular flexibility index (Phi) is 8.35. The van der Waals surface area contributed by atoms with Crippen LogP contribution in [0.15, 0.2) is 58.1 Å². The highest BCUT2D eigenvalue weighted by molar-refractivity contribution is 5.97. The molecule has 2 N–H and O–H groups in total. The minimum absolute atomic E-state index is 0.0499. The van der Waals surface area contributed by atoms with E-state index in [0.717, 1.165) is 4.57 Å². The van der Waals surface area contributed by atoms with E-state index in [9.17, 15) is 24.0 Å². The molecule has 0 radical (unpaired) electrons. The number of carbonyl (C=O) groups excluding carboxylic acids is 3. The lowest BCUT2D eigenvalue weighted by atomic mass is 10.1. The molecule has 9 nitrogen and oxygen atoms in total. The van der Waals surface area contributed by atoms with Crippen LogP contribution >= 0.6 is 0 Å². The highest BCUT2D eigenvalue weighted by Gasteiger charge is 2.16. The van der Waals surface area contributed by atoms with E-state index < -0.39 is 17.2 Å². The summed E-state index contributed by atoms with van der Waals surface area (Å²) in [4.78, 5) is 62.5. The fourth-order valence-electron chi connectivity index (χ4n) is 3.83. The maximum atomic E-state index is 13.2. The van der Waals surface area contributed by atoms with Gasteiger partial charge in [0.1, 0.15) is 6.54 Å². The second kappa shape index (κ2) is 11.4. The van der Waals surface area contributed by atoms with Gasteiger partial charge in [-0.2, -0.15) is 0 Å². The summed E-state index contributed by atoms with van der Waals surface area (Å²) in [7, 11) is 0. The molecule has 0 aliphatic heterocycles. The lowest BCUT2D eigenvalue weighted by Gasteiger charge is -2.14. The van der Waals surface area contributed by atoms with E-state index in [-0.39, 0.29) is 30.8 Å². The summed E-state index contributed by atoms with van der Waals surface area (Å²) < 4.78 is 2.39. The van der Waals surface area contributed by atoms with Crippen LogP contribution in [0, 0.1) is 0 Å². The molecule has 35 heavy (non-hydrogen) atoms. The van der Waals surface area contributed by atoms with E-state index in [1.807, 2.05) is 13.8 Å². The summed E-state index contributed by atoms with van der Waals surface area (Å²) in [6.07, 6.45) is 1.28. The number of Topliss-reactive ketones (excluding diaryl/α,β-unsaturated/α-hetero) is 1. The van der Waals surface area contributed by atoms with Gasteiger partial charge in [0.25, 0.3) is 5.56 Å². The van der Waals surface area contributed by atoms with Gasteiger partial charge in [-0.25, -0.2) is 4.79 Å². The van der Waals surface area contributed by atoms with Crippen LogP contribution in [-0.4, -0.2) is 32.8 Å². The first-order valence-electron chi connectivity index (χ1n) is 11.6.